The van der Waals surface area contributed by atoms with Crippen LogP contribution in [0.3, 0.4) is 0 Å². The molecular formula is C21H30B2P2. The normalized spacial score (nSPS) is 12.2. The van der Waals surface area contributed by atoms with Crippen molar-refractivity contribution in [2.45, 2.75) is 38.8 Å². The van der Waals surface area contributed by atoms with Crippen molar-refractivity contribution in [3.8, 4) is 0 Å². The largest absolute Gasteiger partial charge is 0.104 e. The molecule has 0 aliphatic heterocycles. The van der Waals surface area contributed by atoms with Crippen LogP contribution in [0.15, 0.2) is 60.7 Å². The van der Waals surface area contributed by atoms with Crippen LogP contribution in [0.25, 0.3) is 0 Å². The Morgan fingerprint density at radius 1 is 0.680 bits per heavy atom. The van der Waals surface area contributed by atoms with E-state index in [1.807, 2.05) is 0 Å². The highest BCUT2D eigenvalue weighted by Crippen LogP contribution is 2.46. The fourth-order valence-corrected chi connectivity index (χ4v) is 6.36. The summed E-state index contributed by atoms with van der Waals surface area (Å²) in [5.41, 5.74) is 0. The van der Waals surface area contributed by atoms with Crippen molar-refractivity contribution in [2.75, 3.05) is 19.0 Å². The van der Waals surface area contributed by atoms with E-state index < -0.39 is 0 Å². The summed E-state index contributed by atoms with van der Waals surface area (Å²) in [5, 5.41) is 3.53. The number of rotatable bonds is 7. The van der Waals surface area contributed by atoms with Gasteiger partial charge in [0.2, 0.25) is 0 Å². The van der Waals surface area contributed by atoms with Gasteiger partial charge in [-0.05, 0) is 55.5 Å². The van der Waals surface area contributed by atoms with Gasteiger partial charge in [-0.1, -0.05) is 81.4 Å². The first-order valence-electron chi connectivity index (χ1n) is 8.57. The van der Waals surface area contributed by atoms with Gasteiger partial charge in [0.25, 0.3) is 0 Å². The van der Waals surface area contributed by atoms with Crippen LogP contribution in [0.4, 0.5) is 0 Å². The molecular weight excluding hydrogens is 336 g/mol. The molecule has 0 heterocycles. The molecule has 0 nitrogen and oxygen atoms in total. The minimum atomic E-state index is -0.203. The lowest BCUT2D eigenvalue weighted by Crippen LogP contribution is -2.15. The monoisotopic (exact) mass is 366 g/mol. The molecule has 0 bridgehead atoms. The Kier molecular flexibility index (Phi) is 11.7. The molecule has 0 N–H and O–H groups in total. The maximum Gasteiger partial charge on any atom is 0 e. The van der Waals surface area contributed by atoms with Gasteiger partial charge in [-0.25, -0.2) is 0 Å². The second-order valence-corrected chi connectivity index (χ2v) is 12.6. The summed E-state index contributed by atoms with van der Waals surface area (Å²) >= 11 is 0. The van der Waals surface area contributed by atoms with Crippen molar-refractivity contribution in [3.05, 3.63) is 60.7 Å². The van der Waals surface area contributed by atoms with Crippen molar-refractivity contribution in [2.24, 2.45) is 0 Å². The van der Waals surface area contributed by atoms with Crippen LogP contribution < -0.4 is 10.6 Å². The highest BCUT2D eigenvalue weighted by Gasteiger charge is 2.19. The highest BCUT2D eigenvalue weighted by molar-refractivity contribution is 7.73. The smallest absolute Gasteiger partial charge is 0 e. The van der Waals surface area contributed by atoms with Gasteiger partial charge >= 0.3 is 0 Å². The minimum Gasteiger partial charge on any atom is -0.104 e. The van der Waals surface area contributed by atoms with E-state index in [0.29, 0.717) is 5.16 Å². The zero-order chi connectivity index (χ0) is 16.7. The number of hydrogen-bond acceptors (Lipinski definition) is 0. The summed E-state index contributed by atoms with van der Waals surface area (Å²) in [5.74, 6) is 0. The molecule has 0 spiro atoms. The van der Waals surface area contributed by atoms with Crippen LogP contribution >= 0.6 is 15.8 Å². The van der Waals surface area contributed by atoms with E-state index in [-0.39, 0.29) is 32.7 Å². The maximum absolute atomic E-state index is 2.46. The Balaban J connectivity index is 0.00000288. The predicted molar refractivity (Wildman–Crippen MR) is 122 cm³/mol. The lowest BCUT2D eigenvalue weighted by Gasteiger charge is -2.28. The highest BCUT2D eigenvalue weighted by atomic mass is 31.1. The molecule has 0 amide bonds. The van der Waals surface area contributed by atoms with Crippen molar-refractivity contribution in [3.63, 3.8) is 0 Å². The van der Waals surface area contributed by atoms with Gasteiger partial charge < -0.3 is 0 Å². The van der Waals surface area contributed by atoms with E-state index in [2.05, 4.69) is 88.1 Å². The first-order valence-corrected chi connectivity index (χ1v) is 12.1. The molecule has 2 aromatic rings. The summed E-state index contributed by atoms with van der Waals surface area (Å²) < 4.78 is 0. The fourth-order valence-electron chi connectivity index (χ4n) is 2.58. The van der Waals surface area contributed by atoms with Gasteiger partial charge in [0.15, 0.2) is 0 Å². The van der Waals surface area contributed by atoms with Crippen LogP contribution in [0.2, 0.25) is 0 Å². The third kappa shape index (κ3) is 8.11. The van der Waals surface area contributed by atoms with Gasteiger partial charge in [0, 0.05) is 16.8 Å². The van der Waals surface area contributed by atoms with E-state index in [0.717, 1.165) is 0 Å². The van der Waals surface area contributed by atoms with Gasteiger partial charge in [-0.15, -0.1) is 7.92 Å². The second kappa shape index (κ2) is 11.9. The van der Waals surface area contributed by atoms with E-state index in [4.69, 9.17) is 0 Å². The van der Waals surface area contributed by atoms with E-state index in [9.17, 15) is 0 Å². The molecule has 1 atom stereocenters. The molecule has 6 radical (unpaired) electrons. The molecule has 0 fully saturated rings. The quantitative estimate of drug-likeness (QED) is 0.366. The molecule has 2 aromatic carbocycles. The zero-order valence-electron chi connectivity index (χ0n) is 16.2. The Bertz CT molecular complexity index is 528. The lowest BCUT2D eigenvalue weighted by molar-refractivity contribution is 0.774. The van der Waals surface area contributed by atoms with Crippen molar-refractivity contribution in [1.29, 1.82) is 0 Å². The molecule has 1 unspecified atom stereocenters. The predicted octanol–water partition coefficient (Wildman–Crippen LogP) is 5.05. The van der Waals surface area contributed by atoms with Crippen LogP contribution in [-0.4, -0.2) is 41.0 Å². The number of unbranched alkanes of at least 4 members (excludes halogenated alkanes) is 1. The number of hydrogen-bond donors (Lipinski definition) is 0. The molecule has 4 heteroatoms. The second-order valence-electron chi connectivity index (χ2n) is 7.12. The molecule has 2 rings (SSSR count). The van der Waals surface area contributed by atoms with Crippen LogP contribution in [-0.2, 0) is 0 Å². The summed E-state index contributed by atoms with van der Waals surface area (Å²) in [4.78, 5) is 0. The molecule has 0 saturated carbocycles. The van der Waals surface area contributed by atoms with Gasteiger partial charge in [0.05, 0.1) is 0 Å². The average Bonchev–Trinajstić information content (AvgIpc) is 2.55. The Morgan fingerprint density at radius 3 is 1.48 bits per heavy atom. The Morgan fingerprint density at radius 2 is 1.08 bits per heavy atom. The Labute approximate surface area is 161 Å². The number of benzene rings is 2. The fraction of sp³-hybridized carbons (Fsp3) is 0.429. The molecule has 130 valence electrons. The molecule has 25 heavy (non-hydrogen) atoms. The maximum atomic E-state index is 2.46. The molecule has 0 aliphatic carbocycles. The van der Waals surface area contributed by atoms with Gasteiger partial charge in [-0.2, -0.15) is 0 Å². The van der Waals surface area contributed by atoms with Gasteiger partial charge in [-0.3, -0.25) is 0 Å². The van der Waals surface area contributed by atoms with E-state index in [1.165, 1.54) is 35.8 Å². The first-order chi connectivity index (χ1) is 11.0. The lowest BCUT2D eigenvalue weighted by atomic mass is 10.3. The summed E-state index contributed by atoms with van der Waals surface area (Å²) in [6.45, 7) is 9.63. The summed E-state index contributed by atoms with van der Waals surface area (Å²) in [6.07, 6.45) is 5.44. The summed E-state index contributed by atoms with van der Waals surface area (Å²) in [6, 6.07) is 22.2. The van der Waals surface area contributed by atoms with Crippen LogP contribution in [0.1, 0.15) is 33.6 Å². The average molecular weight is 366 g/mol. The van der Waals surface area contributed by atoms with Crippen molar-refractivity contribution in [1.82, 2.24) is 0 Å². The SMILES string of the molecule is CP(CCCCP(c1ccccc1)c1ccccc1)C(C)(C)C.[B].[B]. The zero-order valence-corrected chi connectivity index (χ0v) is 17.9. The third-order valence-corrected chi connectivity index (χ3v) is 10.3. The van der Waals surface area contributed by atoms with E-state index in [1.54, 1.807) is 0 Å². The van der Waals surface area contributed by atoms with Crippen LogP contribution in [0.5, 0.6) is 0 Å². The summed E-state index contributed by atoms with van der Waals surface area (Å²) in [7, 11) is -0.0564. The first kappa shape index (κ1) is 24.4. The molecule has 0 aliphatic rings. The molecule has 0 aromatic heterocycles. The topological polar surface area (TPSA) is 0 Å². The van der Waals surface area contributed by atoms with E-state index >= 15 is 0 Å². The van der Waals surface area contributed by atoms with Crippen LogP contribution in [0, 0.1) is 0 Å². The van der Waals surface area contributed by atoms with Crippen molar-refractivity contribution >= 4 is 43.3 Å². The standard InChI is InChI=1S/C21H30P2.2B/c1-21(2,3)22(4)17-11-12-18-23(19-13-7-5-8-14-19)20-15-9-6-10-16-20;;/h5-10,13-16H,11-12,17-18H2,1-4H3;;. The Hall–Kier alpha value is -0.570. The third-order valence-electron chi connectivity index (χ3n) is 4.41. The van der Waals surface area contributed by atoms with Gasteiger partial charge in [0.1, 0.15) is 0 Å². The molecule has 0 saturated heterocycles. The minimum absolute atomic E-state index is 0. The van der Waals surface area contributed by atoms with Crippen molar-refractivity contribution < 1.29 is 0 Å².